The molecule has 1 saturated heterocycles. The second kappa shape index (κ2) is 9.20. The molecule has 174 valence electrons. The predicted molar refractivity (Wildman–Crippen MR) is 137 cm³/mol. The molecule has 1 aromatic heterocycles. The summed E-state index contributed by atoms with van der Waals surface area (Å²) in [7, 11) is -3.72. The first-order valence-electron chi connectivity index (χ1n) is 11.6. The molecule has 1 fully saturated rings. The van der Waals surface area contributed by atoms with Crippen molar-refractivity contribution in [2.45, 2.75) is 30.2 Å². The summed E-state index contributed by atoms with van der Waals surface area (Å²) in [6.07, 6.45) is 1.54. The quantitative estimate of drug-likeness (QED) is 0.410. The summed E-state index contributed by atoms with van der Waals surface area (Å²) in [5.41, 5.74) is 5.00. The van der Waals surface area contributed by atoms with E-state index in [4.69, 9.17) is 0 Å². The number of hydrogen-bond acceptors (Lipinski definition) is 5. The zero-order valence-electron chi connectivity index (χ0n) is 19.6. The van der Waals surface area contributed by atoms with Crippen LogP contribution < -0.4 is 4.90 Å². The highest BCUT2D eigenvalue weighted by Gasteiger charge is 2.28. The smallest absolute Gasteiger partial charge is 0.210 e. The molecular formula is C28H29N3O2S. The topological polar surface area (TPSA) is 53.5 Å². The van der Waals surface area contributed by atoms with Crippen LogP contribution in [-0.2, 0) is 16.4 Å². The van der Waals surface area contributed by atoms with Crippen LogP contribution in [-0.4, -0.2) is 44.5 Å². The molecule has 1 aliphatic rings. The van der Waals surface area contributed by atoms with Crippen molar-refractivity contribution in [3.05, 3.63) is 95.7 Å². The van der Waals surface area contributed by atoms with Crippen LogP contribution in [0.4, 0.5) is 5.69 Å². The van der Waals surface area contributed by atoms with Crippen molar-refractivity contribution in [3.63, 3.8) is 0 Å². The van der Waals surface area contributed by atoms with Gasteiger partial charge in [0.1, 0.15) is 4.90 Å². The van der Waals surface area contributed by atoms with E-state index >= 15 is 0 Å². The number of piperazine rings is 1. The summed E-state index contributed by atoms with van der Waals surface area (Å²) in [6, 6.07) is 23.6. The summed E-state index contributed by atoms with van der Waals surface area (Å²) in [5.74, 6) is 0. The first kappa shape index (κ1) is 22.6. The number of rotatable bonds is 5. The lowest BCUT2D eigenvalue weighted by molar-refractivity contribution is 0.249. The molecule has 0 amide bonds. The molecule has 0 N–H and O–H groups in total. The minimum absolute atomic E-state index is 0.283. The lowest BCUT2D eigenvalue weighted by atomic mass is 10.1. The van der Waals surface area contributed by atoms with Crippen LogP contribution in [0.2, 0.25) is 0 Å². The lowest BCUT2D eigenvalue weighted by Gasteiger charge is -2.37. The van der Waals surface area contributed by atoms with E-state index in [0.29, 0.717) is 4.90 Å². The number of nitrogens with zero attached hydrogens (tertiary/aromatic N) is 3. The van der Waals surface area contributed by atoms with Crippen LogP contribution in [0, 0.1) is 13.8 Å². The fourth-order valence-electron chi connectivity index (χ4n) is 4.61. The highest BCUT2D eigenvalue weighted by atomic mass is 32.2. The molecular weight excluding hydrogens is 442 g/mol. The average molecular weight is 472 g/mol. The number of fused-ring (bicyclic) bond motifs is 1. The van der Waals surface area contributed by atoms with Gasteiger partial charge in [-0.05, 0) is 43.7 Å². The molecule has 0 unspecified atom stereocenters. The van der Waals surface area contributed by atoms with Gasteiger partial charge in [0.05, 0.1) is 16.1 Å². The Balaban J connectivity index is 1.53. The van der Waals surface area contributed by atoms with E-state index in [-0.39, 0.29) is 4.90 Å². The molecule has 0 atom stereocenters. The second-order valence-corrected chi connectivity index (χ2v) is 11.0. The first-order valence-corrected chi connectivity index (χ1v) is 13.1. The molecule has 3 aromatic carbocycles. The minimum Gasteiger partial charge on any atom is -0.367 e. The van der Waals surface area contributed by atoms with Crippen LogP contribution in [0.5, 0.6) is 0 Å². The number of pyridine rings is 1. The molecule has 0 bridgehead atoms. The van der Waals surface area contributed by atoms with Gasteiger partial charge < -0.3 is 4.90 Å². The summed E-state index contributed by atoms with van der Waals surface area (Å²) in [5, 5.41) is 0.893. The number of aromatic nitrogens is 1. The molecule has 0 radical (unpaired) electrons. The zero-order chi connectivity index (χ0) is 23.7. The van der Waals surface area contributed by atoms with Gasteiger partial charge in [0.15, 0.2) is 0 Å². The number of hydrogen-bond donors (Lipinski definition) is 0. The Morgan fingerprint density at radius 1 is 0.824 bits per heavy atom. The highest BCUT2D eigenvalue weighted by molar-refractivity contribution is 7.91. The second-order valence-electron chi connectivity index (χ2n) is 9.06. The third-order valence-electron chi connectivity index (χ3n) is 6.52. The van der Waals surface area contributed by atoms with Crippen molar-refractivity contribution in [3.8, 4) is 0 Å². The highest BCUT2D eigenvalue weighted by Crippen LogP contribution is 2.36. The Hall–Kier alpha value is -3.22. The average Bonchev–Trinajstić information content (AvgIpc) is 2.85. The summed E-state index contributed by atoms with van der Waals surface area (Å²) < 4.78 is 27.5. The van der Waals surface area contributed by atoms with Gasteiger partial charge in [-0.3, -0.25) is 9.88 Å². The van der Waals surface area contributed by atoms with E-state index in [9.17, 15) is 8.42 Å². The maximum atomic E-state index is 13.8. The van der Waals surface area contributed by atoms with Gasteiger partial charge in [0.2, 0.25) is 9.84 Å². The Bertz CT molecular complexity index is 1410. The number of aryl methyl sites for hydroxylation is 2. The minimum atomic E-state index is -3.72. The number of anilines is 1. The molecule has 1 aliphatic heterocycles. The Kier molecular flexibility index (Phi) is 6.11. The fourth-order valence-corrected chi connectivity index (χ4v) is 6.05. The summed E-state index contributed by atoms with van der Waals surface area (Å²) in [6.45, 7) is 8.15. The van der Waals surface area contributed by atoms with E-state index in [2.05, 4.69) is 45.1 Å². The molecule has 4 aromatic rings. The monoisotopic (exact) mass is 471 g/mol. The van der Waals surface area contributed by atoms with E-state index in [1.807, 2.05) is 44.2 Å². The molecule has 6 heteroatoms. The molecule has 2 heterocycles. The standard InChI is InChI=1S/C28H29N3O2S/c1-21-8-11-24(12-9-21)34(32,33)27-19-29-26-13-10-22(2)18-25(26)28(27)31-16-14-30(15-17-31)20-23-6-4-3-5-7-23/h3-13,18-19H,14-17,20H2,1-2H3. The summed E-state index contributed by atoms with van der Waals surface area (Å²) >= 11 is 0. The number of benzene rings is 3. The molecule has 0 spiro atoms. The van der Waals surface area contributed by atoms with E-state index in [0.717, 1.165) is 60.4 Å². The van der Waals surface area contributed by atoms with Crippen molar-refractivity contribution in [2.24, 2.45) is 0 Å². The first-order chi connectivity index (χ1) is 16.4. The molecule has 0 aliphatic carbocycles. The van der Waals surface area contributed by atoms with Gasteiger partial charge in [0, 0.05) is 44.3 Å². The predicted octanol–water partition coefficient (Wildman–Crippen LogP) is 5.01. The van der Waals surface area contributed by atoms with Crippen molar-refractivity contribution in [1.82, 2.24) is 9.88 Å². The molecule has 5 rings (SSSR count). The van der Waals surface area contributed by atoms with Gasteiger partial charge in [-0.15, -0.1) is 0 Å². The van der Waals surface area contributed by atoms with Crippen LogP contribution >= 0.6 is 0 Å². The SMILES string of the molecule is Cc1ccc(S(=O)(=O)c2cnc3ccc(C)cc3c2N2CCN(Cc3ccccc3)CC2)cc1. The maximum absolute atomic E-state index is 13.8. The summed E-state index contributed by atoms with van der Waals surface area (Å²) in [4.78, 5) is 9.78. The third kappa shape index (κ3) is 4.43. The Morgan fingerprint density at radius 3 is 2.21 bits per heavy atom. The van der Waals surface area contributed by atoms with Crippen molar-refractivity contribution in [2.75, 3.05) is 31.1 Å². The van der Waals surface area contributed by atoms with Crippen LogP contribution in [0.1, 0.15) is 16.7 Å². The van der Waals surface area contributed by atoms with Gasteiger partial charge in [-0.2, -0.15) is 0 Å². The normalized spacial score (nSPS) is 15.1. The van der Waals surface area contributed by atoms with Crippen molar-refractivity contribution in [1.29, 1.82) is 0 Å². The largest absolute Gasteiger partial charge is 0.367 e. The van der Waals surface area contributed by atoms with Gasteiger partial charge in [-0.1, -0.05) is 59.7 Å². The van der Waals surface area contributed by atoms with Crippen LogP contribution in [0.15, 0.2) is 88.8 Å². The fraction of sp³-hybridized carbons (Fsp3) is 0.250. The molecule has 5 nitrogen and oxygen atoms in total. The third-order valence-corrected chi connectivity index (χ3v) is 8.29. The lowest BCUT2D eigenvalue weighted by Crippen LogP contribution is -2.46. The van der Waals surface area contributed by atoms with Gasteiger partial charge in [0.25, 0.3) is 0 Å². The van der Waals surface area contributed by atoms with Crippen molar-refractivity contribution < 1.29 is 8.42 Å². The van der Waals surface area contributed by atoms with Gasteiger partial charge in [-0.25, -0.2) is 8.42 Å². The Labute approximate surface area is 201 Å². The molecule has 34 heavy (non-hydrogen) atoms. The molecule has 0 saturated carbocycles. The Morgan fingerprint density at radius 2 is 1.50 bits per heavy atom. The zero-order valence-corrected chi connectivity index (χ0v) is 20.4. The van der Waals surface area contributed by atoms with Crippen LogP contribution in [0.25, 0.3) is 10.9 Å². The van der Waals surface area contributed by atoms with Crippen molar-refractivity contribution >= 4 is 26.4 Å². The maximum Gasteiger partial charge on any atom is 0.210 e. The van der Waals surface area contributed by atoms with Gasteiger partial charge >= 0.3 is 0 Å². The number of sulfone groups is 1. The van der Waals surface area contributed by atoms with E-state index in [1.54, 1.807) is 18.3 Å². The van der Waals surface area contributed by atoms with Crippen LogP contribution in [0.3, 0.4) is 0 Å². The van der Waals surface area contributed by atoms with E-state index < -0.39 is 9.84 Å². The van der Waals surface area contributed by atoms with E-state index in [1.165, 1.54) is 5.56 Å².